The smallest absolute Gasteiger partial charge is 0.407 e. The maximum absolute atomic E-state index is 15.6. The van der Waals surface area contributed by atoms with Gasteiger partial charge in [0.2, 0.25) is 12.6 Å². The lowest BCUT2D eigenvalue weighted by atomic mass is 9.83. The van der Waals surface area contributed by atoms with Crippen molar-refractivity contribution in [3.63, 3.8) is 0 Å². The van der Waals surface area contributed by atoms with E-state index in [1.807, 2.05) is 0 Å². The topological polar surface area (TPSA) is 280 Å². The Morgan fingerprint density at radius 2 is 1.64 bits per heavy atom. The predicted molar refractivity (Wildman–Crippen MR) is 144 cm³/mol. The van der Waals surface area contributed by atoms with Crippen LogP contribution in [0.25, 0.3) is 0 Å². The van der Waals surface area contributed by atoms with Crippen LogP contribution in [0.5, 0.6) is 0 Å². The number of rotatable bonds is 12. The van der Waals surface area contributed by atoms with Gasteiger partial charge in [-0.15, -0.1) is 0 Å². The summed E-state index contributed by atoms with van der Waals surface area (Å²) in [7, 11) is 0. The molecular formula is C26H41F2N5O11. The second-order valence-electron chi connectivity index (χ2n) is 11.4. The van der Waals surface area contributed by atoms with Crippen molar-refractivity contribution in [2.75, 3.05) is 6.54 Å². The molecule has 44 heavy (non-hydrogen) atoms. The Kier molecular flexibility index (Phi) is 11.4. The number of carbonyl (C=O) groups is 1. The van der Waals surface area contributed by atoms with Gasteiger partial charge in [-0.3, -0.25) is 0 Å². The minimum atomic E-state index is -3.81. The maximum atomic E-state index is 15.6. The van der Waals surface area contributed by atoms with Crippen molar-refractivity contribution in [3.8, 4) is 0 Å². The molecule has 1 saturated heterocycles. The van der Waals surface area contributed by atoms with Gasteiger partial charge in [-0.2, -0.15) is 4.89 Å². The van der Waals surface area contributed by atoms with Crippen LogP contribution >= 0.6 is 0 Å². The molecule has 0 aromatic heterocycles. The summed E-state index contributed by atoms with van der Waals surface area (Å²) in [6, 6.07) is 3.69. The number of alkyl halides is 2. The minimum absolute atomic E-state index is 0.0204. The number of alkyl carbamates (subject to hydrolysis) is 1. The highest BCUT2D eigenvalue weighted by Gasteiger charge is 2.61. The molecule has 1 heterocycles. The quantitative estimate of drug-likeness (QED) is 0.0994. The second-order valence-corrected chi connectivity index (χ2v) is 11.4. The predicted octanol–water partition coefficient (Wildman–Crippen LogP) is -3.53. The van der Waals surface area contributed by atoms with Crippen LogP contribution in [0.3, 0.4) is 0 Å². The molecule has 2 saturated carbocycles. The number of hydrogen-bond acceptors (Lipinski definition) is 15. The van der Waals surface area contributed by atoms with Crippen LogP contribution in [0, 0.1) is 5.92 Å². The summed E-state index contributed by atoms with van der Waals surface area (Å²) >= 11 is 0. The first kappa shape index (κ1) is 34.7. The number of nitrogens with one attached hydrogen (secondary N) is 1. The Morgan fingerprint density at radius 3 is 2.30 bits per heavy atom. The van der Waals surface area contributed by atoms with Crippen molar-refractivity contribution in [1.29, 1.82) is 0 Å². The van der Waals surface area contributed by atoms with Gasteiger partial charge in [-0.05, 0) is 18.4 Å². The van der Waals surface area contributed by atoms with Gasteiger partial charge in [0.05, 0.1) is 24.4 Å². The molecule has 4 rings (SSSR count). The number of nitrogens with two attached hydrogens (primary N) is 4. The van der Waals surface area contributed by atoms with Gasteiger partial charge in [-0.25, -0.2) is 18.5 Å². The molecule has 14 atom stereocenters. The maximum Gasteiger partial charge on any atom is 0.407 e. The van der Waals surface area contributed by atoms with E-state index in [-0.39, 0.29) is 19.4 Å². The van der Waals surface area contributed by atoms with Crippen LogP contribution in [-0.2, 0) is 30.6 Å². The van der Waals surface area contributed by atoms with Gasteiger partial charge in [0, 0.05) is 30.6 Å². The van der Waals surface area contributed by atoms with Gasteiger partial charge >= 0.3 is 12.0 Å². The van der Waals surface area contributed by atoms with E-state index >= 15 is 8.78 Å². The Labute approximate surface area is 251 Å². The monoisotopic (exact) mass is 637 g/mol. The van der Waals surface area contributed by atoms with Gasteiger partial charge in [-0.1, -0.05) is 30.3 Å². The molecular weight excluding hydrogens is 596 g/mol. The molecule has 18 heteroatoms. The first-order valence-electron chi connectivity index (χ1n) is 14.1. The van der Waals surface area contributed by atoms with Crippen molar-refractivity contribution in [2.24, 2.45) is 28.9 Å². The highest BCUT2D eigenvalue weighted by Crippen LogP contribution is 2.44. The van der Waals surface area contributed by atoms with Crippen molar-refractivity contribution >= 4 is 6.09 Å². The number of carbonyl (C=O) groups excluding carboxylic acids is 1. The summed E-state index contributed by atoms with van der Waals surface area (Å²) in [5.74, 6) is -4.50. The Bertz CT molecular complexity index is 1080. The third-order valence-electron chi connectivity index (χ3n) is 8.01. The number of amides is 1. The lowest BCUT2D eigenvalue weighted by Crippen LogP contribution is -2.68. The molecule has 14 N–H and O–H groups in total. The summed E-state index contributed by atoms with van der Waals surface area (Å²) in [6.45, 7) is -0.490. The van der Waals surface area contributed by atoms with Crippen molar-refractivity contribution < 1.29 is 63.1 Å². The normalized spacial score (nSPS) is 37.8. The van der Waals surface area contributed by atoms with E-state index < -0.39 is 104 Å². The number of aliphatic hydroxyl groups is 5. The molecule has 16 nitrogen and oxygen atoms in total. The van der Waals surface area contributed by atoms with Crippen LogP contribution in [-0.4, -0.2) is 124 Å². The molecule has 0 bridgehead atoms. The molecule has 3 fully saturated rings. The zero-order chi connectivity index (χ0) is 32.3. The van der Waals surface area contributed by atoms with Crippen LogP contribution in [0.1, 0.15) is 18.4 Å². The molecule has 0 spiro atoms. The highest BCUT2D eigenvalue weighted by atomic mass is 19.3. The fourth-order valence-corrected chi connectivity index (χ4v) is 5.24. The SMILES string of the molecule is NC1CC(N)C(OC2OOC(O)C(N)C2O)C(F)(F)C1OC1CC1C(N)C(O)C(O)C(O)CNC(=O)OCc1ccccc1. The van der Waals surface area contributed by atoms with Crippen LogP contribution in [0.2, 0.25) is 0 Å². The van der Waals surface area contributed by atoms with E-state index in [0.29, 0.717) is 0 Å². The number of hydrogen-bond donors (Lipinski definition) is 10. The lowest BCUT2D eigenvalue weighted by molar-refractivity contribution is -0.483. The van der Waals surface area contributed by atoms with E-state index in [4.69, 9.17) is 37.1 Å². The standard InChI is InChI=1S/C26H41F2N5O11/c27-26(28)21(12(29)7-13(30)22(26)42-24-20(37)17(32)23(38)43-44-24)41-15-6-11(15)16(31)19(36)18(35)14(34)8-33-25(39)40-9-10-4-2-1-3-5-10/h1-5,11-24,34-38H,6-9,29-32H2,(H,33,39). The van der Waals surface area contributed by atoms with E-state index in [2.05, 4.69) is 15.1 Å². The van der Waals surface area contributed by atoms with Crippen molar-refractivity contribution in [3.05, 3.63) is 35.9 Å². The average molecular weight is 638 g/mol. The molecule has 1 amide bonds. The zero-order valence-corrected chi connectivity index (χ0v) is 23.5. The van der Waals surface area contributed by atoms with Crippen LogP contribution in [0.4, 0.5) is 13.6 Å². The summed E-state index contributed by atoms with van der Waals surface area (Å²) in [5, 5.41) is 53.2. The molecule has 14 unspecified atom stereocenters. The van der Waals surface area contributed by atoms with E-state index in [1.165, 1.54) is 0 Å². The van der Waals surface area contributed by atoms with Gasteiger partial charge in [0.25, 0.3) is 0 Å². The van der Waals surface area contributed by atoms with Gasteiger partial charge in [0.15, 0.2) is 0 Å². The molecule has 1 aliphatic heterocycles. The van der Waals surface area contributed by atoms with Crippen molar-refractivity contribution in [2.45, 2.75) is 105 Å². The average Bonchev–Trinajstić information content (AvgIpc) is 3.77. The molecule has 2 aliphatic carbocycles. The zero-order valence-electron chi connectivity index (χ0n) is 23.5. The largest absolute Gasteiger partial charge is 0.445 e. The Morgan fingerprint density at radius 1 is 1.00 bits per heavy atom. The summed E-state index contributed by atoms with van der Waals surface area (Å²) < 4.78 is 47.2. The van der Waals surface area contributed by atoms with Crippen LogP contribution < -0.4 is 28.3 Å². The summed E-state index contributed by atoms with van der Waals surface area (Å²) in [5.41, 5.74) is 24.3. The molecule has 3 aliphatic rings. The van der Waals surface area contributed by atoms with E-state index in [9.17, 15) is 30.3 Å². The van der Waals surface area contributed by atoms with E-state index in [0.717, 1.165) is 5.56 Å². The third kappa shape index (κ3) is 7.97. The fourth-order valence-electron chi connectivity index (χ4n) is 5.24. The number of halogens is 2. The first-order chi connectivity index (χ1) is 20.7. The number of ether oxygens (including phenoxy) is 3. The molecule has 1 aromatic rings. The highest BCUT2D eigenvalue weighted by molar-refractivity contribution is 5.67. The Hall–Kier alpha value is -2.17. The first-order valence-corrected chi connectivity index (χ1v) is 14.1. The second kappa shape index (κ2) is 14.5. The number of benzene rings is 1. The lowest BCUT2D eigenvalue weighted by Gasteiger charge is -2.46. The fraction of sp³-hybridized carbons (Fsp3) is 0.731. The molecule has 1 aromatic carbocycles. The van der Waals surface area contributed by atoms with Gasteiger partial charge in [0.1, 0.15) is 31.0 Å². The molecule has 0 radical (unpaired) electrons. The van der Waals surface area contributed by atoms with Crippen molar-refractivity contribution in [1.82, 2.24) is 5.32 Å². The third-order valence-corrected chi connectivity index (χ3v) is 8.01. The minimum Gasteiger partial charge on any atom is -0.445 e. The van der Waals surface area contributed by atoms with Crippen LogP contribution in [0.15, 0.2) is 30.3 Å². The Balaban J connectivity index is 1.27. The van der Waals surface area contributed by atoms with Gasteiger partial charge < -0.3 is 68.0 Å². The van der Waals surface area contributed by atoms with E-state index in [1.54, 1.807) is 30.3 Å². The summed E-state index contributed by atoms with van der Waals surface area (Å²) in [4.78, 5) is 21.1. The molecule has 250 valence electrons. The number of aliphatic hydroxyl groups excluding tert-OH is 5. The summed E-state index contributed by atoms with van der Waals surface area (Å²) in [6.07, 6.45) is -16.1.